The summed E-state index contributed by atoms with van der Waals surface area (Å²) in [6, 6.07) is 19.8. The van der Waals surface area contributed by atoms with Crippen LogP contribution in [0.1, 0.15) is 25.7 Å². The number of carbonyl (C=O) groups is 1. The van der Waals surface area contributed by atoms with E-state index in [4.69, 9.17) is 10.5 Å². The number of nitrogens with one attached hydrogen (secondary N) is 1. The molecule has 0 saturated carbocycles. The molecule has 0 radical (unpaired) electrons. The molecule has 2 aliphatic heterocycles. The van der Waals surface area contributed by atoms with Gasteiger partial charge in [0, 0.05) is 25.2 Å². The minimum Gasteiger partial charge on any atom is -0.457 e. The Kier molecular flexibility index (Phi) is 8.27. The van der Waals surface area contributed by atoms with Crippen molar-refractivity contribution in [2.75, 3.05) is 38.2 Å². The number of rotatable bonds is 9. The molecule has 5 rings (SSSR count). The number of ether oxygens (including phenoxy) is 1. The van der Waals surface area contributed by atoms with Gasteiger partial charge in [-0.05, 0) is 81.6 Å². The summed E-state index contributed by atoms with van der Waals surface area (Å²) in [6.45, 7) is 1.28. The minimum absolute atomic E-state index is 0.131. The molecule has 206 valence electrons. The first-order valence-electron chi connectivity index (χ1n) is 13.7. The van der Waals surface area contributed by atoms with Crippen molar-refractivity contribution in [3.63, 3.8) is 0 Å². The monoisotopic (exact) mass is 537 g/mol. The number of likely N-dealkylation sites (N-methyl/N-ethyl adjacent to an activating group) is 1. The van der Waals surface area contributed by atoms with Gasteiger partial charge in [-0.15, -0.1) is 0 Å². The molecule has 40 heavy (non-hydrogen) atoms. The fraction of sp³-hybridized carbons (Fsp3) is 0.355. The lowest BCUT2D eigenvalue weighted by Gasteiger charge is -2.39. The van der Waals surface area contributed by atoms with Crippen molar-refractivity contribution < 1.29 is 9.53 Å². The van der Waals surface area contributed by atoms with Gasteiger partial charge in [-0.25, -0.2) is 9.97 Å². The normalized spacial score (nSPS) is 20.3. The largest absolute Gasteiger partial charge is 0.457 e. The van der Waals surface area contributed by atoms with E-state index < -0.39 is 0 Å². The molecule has 3 aromatic rings. The Morgan fingerprint density at radius 3 is 2.42 bits per heavy atom. The quantitative estimate of drug-likeness (QED) is 0.297. The summed E-state index contributed by atoms with van der Waals surface area (Å²) in [4.78, 5) is 25.9. The summed E-state index contributed by atoms with van der Waals surface area (Å²) in [6.07, 6.45) is 6.94. The maximum atomic E-state index is 13.2. The summed E-state index contributed by atoms with van der Waals surface area (Å²) in [7, 11) is 3.84. The van der Waals surface area contributed by atoms with Crippen LogP contribution >= 0.6 is 0 Å². The zero-order chi connectivity index (χ0) is 28.1. The molecule has 2 atom stereocenters. The van der Waals surface area contributed by atoms with Crippen LogP contribution in [-0.2, 0) is 4.79 Å². The highest BCUT2D eigenvalue weighted by atomic mass is 16.5. The topological polar surface area (TPSA) is 120 Å². The van der Waals surface area contributed by atoms with Gasteiger partial charge < -0.3 is 25.6 Å². The van der Waals surface area contributed by atoms with Gasteiger partial charge in [-0.1, -0.05) is 30.3 Å². The molecule has 1 aromatic heterocycles. The zero-order valence-corrected chi connectivity index (χ0v) is 23.0. The van der Waals surface area contributed by atoms with Gasteiger partial charge in [0.25, 0.3) is 5.91 Å². The molecule has 2 fully saturated rings. The predicted molar refractivity (Wildman–Crippen MR) is 156 cm³/mol. The SMILES string of the molecule is CN(C)CC=C(C#N)C(=O)N1C2CCC1CC(CNc1ncnc(N)c1-c1ccc(Oc3ccccc3)cc1)C2. The number of aromatic nitrogens is 2. The second kappa shape index (κ2) is 12.2. The summed E-state index contributed by atoms with van der Waals surface area (Å²) in [5.74, 6) is 2.84. The van der Waals surface area contributed by atoms with Crippen LogP contribution in [0.5, 0.6) is 11.5 Å². The Bertz CT molecular complexity index is 1390. The molecule has 2 aromatic carbocycles. The standard InChI is InChI=1S/C31H35N7O2/c1-37(2)15-14-23(18-32)31(39)38-24-10-11-25(38)17-21(16-24)19-34-30-28(29(33)35-20-36-30)22-8-12-27(13-9-22)40-26-6-4-3-5-7-26/h3-9,12-14,20-21,24-25H,10-11,15-17,19H2,1-2H3,(H3,33,34,35,36). The number of nitrogens with zero attached hydrogens (tertiary/aromatic N) is 5. The third-order valence-corrected chi connectivity index (χ3v) is 7.63. The fourth-order valence-electron chi connectivity index (χ4n) is 5.75. The van der Waals surface area contributed by atoms with Crippen LogP contribution in [-0.4, -0.2) is 64.9 Å². The molecule has 3 heterocycles. The summed E-state index contributed by atoms with van der Waals surface area (Å²) in [5, 5.41) is 13.1. The van der Waals surface area contributed by atoms with E-state index in [0.29, 0.717) is 24.1 Å². The highest BCUT2D eigenvalue weighted by Gasteiger charge is 2.43. The van der Waals surface area contributed by atoms with Crippen LogP contribution in [0, 0.1) is 17.2 Å². The second-order valence-corrected chi connectivity index (χ2v) is 10.7. The lowest BCUT2D eigenvalue weighted by atomic mass is 9.90. The molecule has 1 amide bonds. The van der Waals surface area contributed by atoms with Gasteiger partial charge in [0.2, 0.25) is 0 Å². The van der Waals surface area contributed by atoms with Gasteiger partial charge in [0.1, 0.15) is 41.1 Å². The summed E-state index contributed by atoms with van der Waals surface area (Å²) >= 11 is 0. The van der Waals surface area contributed by atoms with E-state index >= 15 is 0 Å². The molecule has 9 nitrogen and oxygen atoms in total. The van der Waals surface area contributed by atoms with Crippen molar-refractivity contribution in [2.24, 2.45) is 5.92 Å². The first-order chi connectivity index (χ1) is 19.4. The van der Waals surface area contributed by atoms with Crippen LogP contribution in [0.3, 0.4) is 0 Å². The van der Waals surface area contributed by atoms with Gasteiger partial charge >= 0.3 is 0 Å². The van der Waals surface area contributed by atoms with Crippen molar-refractivity contribution in [1.82, 2.24) is 19.8 Å². The number of piperidine rings is 1. The first kappa shape index (κ1) is 27.2. The smallest absolute Gasteiger partial charge is 0.264 e. The number of para-hydroxylation sites is 1. The van der Waals surface area contributed by atoms with Gasteiger partial charge in [0.15, 0.2) is 0 Å². The number of anilines is 2. The number of carbonyl (C=O) groups excluding carboxylic acids is 1. The molecular weight excluding hydrogens is 502 g/mol. The maximum Gasteiger partial charge on any atom is 0.264 e. The predicted octanol–water partition coefficient (Wildman–Crippen LogP) is 4.71. The average molecular weight is 538 g/mol. The number of nitriles is 1. The van der Waals surface area contributed by atoms with Crippen molar-refractivity contribution in [1.29, 1.82) is 5.26 Å². The Labute approximate surface area is 235 Å². The third-order valence-electron chi connectivity index (χ3n) is 7.63. The molecule has 3 N–H and O–H groups in total. The number of hydrogen-bond acceptors (Lipinski definition) is 8. The number of hydrogen-bond donors (Lipinski definition) is 2. The summed E-state index contributed by atoms with van der Waals surface area (Å²) < 4.78 is 5.92. The second-order valence-electron chi connectivity index (χ2n) is 10.7. The van der Waals surface area contributed by atoms with Crippen molar-refractivity contribution >= 4 is 17.5 Å². The summed E-state index contributed by atoms with van der Waals surface area (Å²) in [5.41, 5.74) is 8.21. The third kappa shape index (κ3) is 6.08. The first-order valence-corrected chi connectivity index (χ1v) is 13.7. The fourth-order valence-corrected chi connectivity index (χ4v) is 5.75. The lowest BCUT2D eigenvalue weighted by Crippen LogP contribution is -2.48. The Hall–Kier alpha value is -4.42. The highest BCUT2D eigenvalue weighted by Crippen LogP contribution is 2.40. The van der Waals surface area contributed by atoms with E-state index in [9.17, 15) is 10.1 Å². The maximum absolute atomic E-state index is 13.2. The number of amides is 1. The molecule has 0 aliphatic carbocycles. The van der Waals surface area contributed by atoms with Crippen molar-refractivity contribution in [3.05, 3.63) is 72.6 Å². The van der Waals surface area contributed by atoms with Gasteiger partial charge in [-0.3, -0.25) is 4.79 Å². The van der Waals surface area contributed by atoms with Crippen LogP contribution in [0.15, 0.2) is 72.6 Å². The molecule has 0 spiro atoms. The Morgan fingerprint density at radius 1 is 1.10 bits per heavy atom. The van der Waals surface area contributed by atoms with Crippen LogP contribution in [0.4, 0.5) is 11.6 Å². The molecule has 2 aliphatic rings. The van der Waals surface area contributed by atoms with Crippen molar-refractivity contribution in [3.8, 4) is 28.7 Å². The zero-order valence-electron chi connectivity index (χ0n) is 23.0. The molecular formula is C31H35N7O2. The Balaban J connectivity index is 1.24. The van der Waals surface area contributed by atoms with Crippen LogP contribution in [0.25, 0.3) is 11.1 Å². The molecule has 2 saturated heterocycles. The van der Waals surface area contributed by atoms with Gasteiger partial charge in [0.05, 0.1) is 5.56 Å². The molecule has 9 heteroatoms. The lowest BCUT2D eigenvalue weighted by molar-refractivity contribution is -0.131. The number of nitrogen functional groups attached to an aromatic ring is 1. The number of nitrogens with two attached hydrogens (primary N) is 1. The molecule has 2 unspecified atom stereocenters. The molecule has 2 bridgehead atoms. The van der Waals surface area contributed by atoms with Crippen LogP contribution < -0.4 is 15.8 Å². The highest BCUT2D eigenvalue weighted by molar-refractivity contribution is 5.98. The minimum atomic E-state index is -0.131. The van der Waals surface area contributed by atoms with E-state index in [0.717, 1.165) is 54.9 Å². The van der Waals surface area contributed by atoms with E-state index in [1.807, 2.05) is 78.5 Å². The average Bonchev–Trinajstić information content (AvgIpc) is 3.22. The van der Waals surface area contributed by atoms with E-state index in [1.165, 1.54) is 6.33 Å². The van der Waals surface area contributed by atoms with E-state index in [1.54, 1.807) is 6.08 Å². The van der Waals surface area contributed by atoms with E-state index in [-0.39, 0.29) is 23.6 Å². The number of fused-ring (bicyclic) bond motifs is 2. The van der Waals surface area contributed by atoms with Crippen LogP contribution in [0.2, 0.25) is 0 Å². The number of benzene rings is 2. The van der Waals surface area contributed by atoms with Gasteiger partial charge in [-0.2, -0.15) is 5.26 Å². The Morgan fingerprint density at radius 2 is 1.77 bits per heavy atom. The van der Waals surface area contributed by atoms with E-state index in [2.05, 4.69) is 21.4 Å². The van der Waals surface area contributed by atoms with Crippen molar-refractivity contribution in [2.45, 2.75) is 37.8 Å².